The SMILES string of the molecule is CC[C@H](C)c1ccc(NC(=O)c2ccc(Cl)cc2)cc1. The third kappa shape index (κ3) is 3.61. The van der Waals surface area contributed by atoms with Crippen molar-refractivity contribution in [2.75, 3.05) is 5.32 Å². The minimum absolute atomic E-state index is 0.127. The summed E-state index contributed by atoms with van der Waals surface area (Å²) < 4.78 is 0. The van der Waals surface area contributed by atoms with Gasteiger partial charge in [-0.3, -0.25) is 4.79 Å². The Morgan fingerprint density at radius 1 is 1.10 bits per heavy atom. The molecule has 1 atom stereocenters. The minimum atomic E-state index is -0.127. The lowest BCUT2D eigenvalue weighted by atomic mass is 9.98. The molecule has 2 nitrogen and oxygen atoms in total. The number of hydrogen-bond acceptors (Lipinski definition) is 1. The number of hydrogen-bond donors (Lipinski definition) is 1. The Morgan fingerprint density at radius 3 is 2.25 bits per heavy atom. The Balaban J connectivity index is 2.06. The zero-order chi connectivity index (χ0) is 14.5. The summed E-state index contributed by atoms with van der Waals surface area (Å²) in [5, 5.41) is 3.50. The fourth-order valence-corrected chi connectivity index (χ4v) is 2.06. The molecule has 0 heterocycles. The van der Waals surface area contributed by atoms with Crippen LogP contribution >= 0.6 is 11.6 Å². The fourth-order valence-electron chi connectivity index (χ4n) is 1.94. The molecule has 1 amide bonds. The molecule has 0 saturated carbocycles. The maximum atomic E-state index is 12.0. The largest absolute Gasteiger partial charge is 0.322 e. The average molecular weight is 288 g/mol. The van der Waals surface area contributed by atoms with Crippen molar-refractivity contribution in [1.29, 1.82) is 0 Å². The molecule has 0 aromatic heterocycles. The van der Waals surface area contributed by atoms with Crippen LogP contribution in [0.15, 0.2) is 48.5 Å². The highest BCUT2D eigenvalue weighted by atomic mass is 35.5. The molecule has 0 aliphatic rings. The monoisotopic (exact) mass is 287 g/mol. The van der Waals surface area contributed by atoms with Crippen LogP contribution in [0.3, 0.4) is 0 Å². The molecule has 0 spiro atoms. The topological polar surface area (TPSA) is 29.1 Å². The summed E-state index contributed by atoms with van der Waals surface area (Å²) in [4.78, 5) is 12.0. The first kappa shape index (κ1) is 14.6. The van der Waals surface area contributed by atoms with Gasteiger partial charge in [0.2, 0.25) is 0 Å². The van der Waals surface area contributed by atoms with Crippen molar-refractivity contribution in [1.82, 2.24) is 0 Å². The quantitative estimate of drug-likeness (QED) is 0.832. The predicted molar refractivity (Wildman–Crippen MR) is 84.6 cm³/mol. The molecule has 0 saturated heterocycles. The van der Waals surface area contributed by atoms with E-state index in [9.17, 15) is 4.79 Å². The van der Waals surface area contributed by atoms with Gasteiger partial charge in [0.15, 0.2) is 0 Å². The molecule has 0 radical (unpaired) electrons. The van der Waals surface area contributed by atoms with Gasteiger partial charge < -0.3 is 5.32 Å². The van der Waals surface area contributed by atoms with Gasteiger partial charge in [-0.25, -0.2) is 0 Å². The molecule has 2 aromatic rings. The summed E-state index contributed by atoms with van der Waals surface area (Å²) in [6, 6.07) is 14.9. The number of nitrogens with one attached hydrogen (secondary N) is 1. The van der Waals surface area contributed by atoms with Crippen molar-refractivity contribution in [2.45, 2.75) is 26.2 Å². The van der Waals surface area contributed by atoms with E-state index in [2.05, 4.69) is 31.3 Å². The standard InChI is InChI=1S/C17H18ClNO/c1-3-12(2)13-6-10-16(11-7-13)19-17(20)14-4-8-15(18)9-5-14/h4-12H,3H2,1-2H3,(H,19,20)/t12-/m0/s1. The molecular weight excluding hydrogens is 270 g/mol. The van der Waals surface area contributed by atoms with Crippen molar-refractivity contribution in [3.63, 3.8) is 0 Å². The zero-order valence-electron chi connectivity index (χ0n) is 11.7. The molecule has 0 aliphatic carbocycles. The summed E-state index contributed by atoms with van der Waals surface area (Å²) in [7, 11) is 0. The fraction of sp³-hybridized carbons (Fsp3) is 0.235. The number of benzene rings is 2. The molecule has 2 aromatic carbocycles. The molecule has 104 valence electrons. The van der Waals surface area contributed by atoms with Crippen molar-refractivity contribution in [2.24, 2.45) is 0 Å². The normalized spacial score (nSPS) is 11.9. The lowest BCUT2D eigenvalue weighted by molar-refractivity contribution is 0.102. The van der Waals surface area contributed by atoms with Gasteiger partial charge in [-0.05, 0) is 54.3 Å². The van der Waals surface area contributed by atoms with Crippen molar-refractivity contribution >= 4 is 23.2 Å². The number of anilines is 1. The van der Waals surface area contributed by atoms with E-state index in [-0.39, 0.29) is 5.91 Å². The van der Waals surface area contributed by atoms with Crippen molar-refractivity contribution < 1.29 is 4.79 Å². The maximum Gasteiger partial charge on any atom is 0.255 e. The van der Waals surface area contributed by atoms with Crippen LogP contribution in [-0.4, -0.2) is 5.91 Å². The maximum absolute atomic E-state index is 12.0. The van der Waals surface area contributed by atoms with E-state index in [0.717, 1.165) is 12.1 Å². The Labute approximate surface area is 124 Å². The number of carbonyl (C=O) groups excluding carboxylic acids is 1. The van der Waals surface area contributed by atoms with E-state index in [1.807, 2.05) is 12.1 Å². The number of halogens is 1. The highest BCUT2D eigenvalue weighted by Crippen LogP contribution is 2.21. The Kier molecular flexibility index (Phi) is 4.80. The second-order valence-corrected chi connectivity index (χ2v) is 5.33. The van der Waals surface area contributed by atoms with Gasteiger partial charge in [-0.15, -0.1) is 0 Å². The number of amides is 1. The molecule has 3 heteroatoms. The van der Waals surface area contributed by atoms with Crippen LogP contribution in [-0.2, 0) is 0 Å². The van der Waals surface area contributed by atoms with E-state index < -0.39 is 0 Å². The smallest absolute Gasteiger partial charge is 0.255 e. The Hall–Kier alpha value is -1.80. The van der Waals surface area contributed by atoms with E-state index in [0.29, 0.717) is 16.5 Å². The van der Waals surface area contributed by atoms with Gasteiger partial charge in [0, 0.05) is 16.3 Å². The molecule has 20 heavy (non-hydrogen) atoms. The second-order valence-electron chi connectivity index (χ2n) is 4.89. The predicted octanol–water partition coefficient (Wildman–Crippen LogP) is 5.11. The van der Waals surface area contributed by atoms with Gasteiger partial charge >= 0.3 is 0 Å². The van der Waals surface area contributed by atoms with Crippen LogP contribution in [0.2, 0.25) is 5.02 Å². The van der Waals surface area contributed by atoms with Crippen LogP contribution in [0.1, 0.15) is 42.1 Å². The summed E-state index contributed by atoms with van der Waals surface area (Å²) in [5.41, 5.74) is 2.69. The van der Waals surface area contributed by atoms with Crippen molar-refractivity contribution in [3.05, 3.63) is 64.7 Å². The third-order valence-electron chi connectivity index (χ3n) is 3.46. The second kappa shape index (κ2) is 6.58. The lowest BCUT2D eigenvalue weighted by Gasteiger charge is -2.10. The summed E-state index contributed by atoms with van der Waals surface area (Å²) in [6.07, 6.45) is 1.11. The Bertz CT molecular complexity index is 575. The lowest BCUT2D eigenvalue weighted by Crippen LogP contribution is -2.11. The van der Waals surface area contributed by atoms with Crippen LogP contribution < -0.4 is 5.32 Å². The first-order valence-electron chi connectivity index (χ1n) is 6.77. The first-order valence-corrected chi connectivity index (χ1v) is 7.15. The van der Waals surface area contributed by atoms with Gasteiger partial charge in [-0.2, -0.15) is 0 Å². The van der Waals surface area contributed by atoms with Crippen LogP contribution in [0.5, 0.6) is 0 Å². The summed E-state index contributed by atoms with van der Waals surface area (Å²) in [5.74, 6) is 0.411. The molecular formula is C17H18ClNO. The van der Waals surface area contributed by atoms with E-state index in [1.165, 1.54) is 5.56 Å². The minimum Gasteiger partial charge on any atom is -0.322 e. The third-order valence-corrected chi connectivity index (χ3v) is 3.71. The van der Waals surface area contributed by atoms with Gasteiger partial charge in [-0.1, -0.05) is 37.6 Å². The van der Waals surface area contributed by atoms with Gasteiger partial charge in [0.25, 0.3) is 5.91 Å². The van der Waals surface area contributed by atoms with Gasteiger partial charge in [0.1, 0.15) is 0 Å². The van der Waals surface area contributed by atoms with E-state index in [1.54, 1.807) is 24.3 Å². The van der Waals surface area contributed by atoms with Crippen molar-refractivity contribution in [3.8, 4) is 0 Å². The molecule has 0 fully saturated rings. The van der Waals surface area contributed by atoms with E-state index >= 15 is 0 Å². The number of rotatable bonds is 4. The van der Waals surface area contributed by atoms with Crippen LogP contribution in [0.4, 0.5) is 5.69 Å². The number of carbonyl (C=O) groups is 1. The van der Waals surface area contributed by atoms with Crippen LogP contribution in [0.25, 0.3) is 0 Å². The highest BCUT2D eigenvalue weighted by molar-refractivity contribution is 6.30. The molecule has 0 aliphatic heterocycles. The van der Waals surface area contributed by atoms with E-state index in [4.69, 9.17) is 11.6 Å². The first-order chi connectivity index (χ1) is 9.60. The average Bonchev–Trinajstić information content (AvgIpc) is 2.48. The summed E-state index contributed by atoms with van der Waals surface area (Å²) in [6.45, 7) is 4.36. The molecule has 1 N–H and O–H groups in total. The molecule has 2 rings (SSSR count). The highest BCUT2D eigenvalue weighted by Gasteiger charge is 2.07. The van der Waals surface area contributed by atoms with Crippen LogP contribution in [0, 0.1) is 0 Å². The molecule has 0 bridgehead atoms. The summed E-state index contributed by atoms with van der Waals surface area (Å²) >= 11 is 5.81. The Morgan fingerprint density at radius 2 is 1.70 bits per heavy atom. The zero-order valence-corrected chi connectivity index (χ0v) is 12.4. The molecule has 0 unspecified atom stereocenters. The van der Waals surface area contributed by atoms with Gasteiger partial charge in [0.05, 0.1) is 0 Å².